The van der Waals surface area contributed by atoms with E-state index >= 15 is 0 Å². The number of aryl methyl sites for hydroxylation is 2. The second-order valence-corrected chi connectivity index (χ2v) is 10.3. The molecule has 0 radical (unpaired) electrons. The number of aromatic nitrogens is 3. The first kappa shape index (κ1) is 27.7. The molecule has 0 saturated carbocycles. The zero-order valence-electron chi connectivity index (χ0n) is 21.8. The van der Waals surface area contributed by atoms with Crippen LogP contribution in [0.1, 0.15) is 40.8 Å². The summed E-state index contributed by atoms with van der Waals surface area (Å²) >= 11 is 7.56. The Balaban J connectivity index is 1.34. The molecular formula is C26H32ClN7O3S. The number of benzene rings is 1. The van der Waals surface area contributed by atoms with Crippen molar-refractivity contribution in [2.75, 3.05) is 54.0 Å². The van der Waals surface area contributed by atoms with E-state index in [4.69, 9.17) is 16.5 Å². The van der Waals surface area contributed by atoms with Crippen molar-refractivity contribution in [2.24, 2.45) is 0 Å². The molecule has 1 N–H and O–H groups in total. The third-order valence-corrected chi connectivity index (χ3v) is 7.37. The third-order valence-electron chi connectivity index (χ3n) is 6.14. The van der Waals surface area contributed by atoms with Crippen LogP contribution in [0.4, 0.5) is 22.5 Å². The van der Waals surface area contributed by atoms with Crippen LogP contribution in [-0.2, 0) is 9.53 Å². The summed E-state index contributed by atoms with van der Waals surface area (Å²) in [5.74, 6) is 1.61. The molecule has 1 aromatic carbocycles. The number of amides is 1. The maximum Gasteiger partial charge on any atom is 0.305 e. The van der Waals surface area contributed by atoms with Crippen molar-refractivity contribution in [3.05, 3.63) is 52.8 Å². The molecule has 38 heavy (non-hydrogen) atoms. The quantitative estimate of drug-likeness (QED) is 0.284. The lowest BCUT2D eigenvalue weighted by Crippen LogP contribution is -2.47. The molecule has 1 fully saturated rings. The van der Waals surface area contributed by atoms with Crippen molar-refractivity contribution in [2.45, 2.75) is 33.6 Å². The fraction of sp³-hybridized carbons (Fsp3) is 0.423. The summed E-state index contributed by atoms with van der Waals surface area (Å²) in [7, 11) is 0. The molecule has 0 aliphatic carbocycles. The minimum absolute atomic E-state index is 0.134. The number of piperazine rings is 1. The summed E-state index contributed by atoms with van der Waals surface area (Å²) in [5, 5.41) is 3.75. The second kappa shape index (κ2) is 13.0. The smallest absolute Gasteiger partial charge is 0.305 e. The highest BCUT2D eigenvalue weighted by Crippen LogP contribution is 2.28. The fourth-order valence-electron chi connectivity index (χ4n) is 4.19. The number of thiazole rings is 1. The largest absolute Gasteiger partial charge is 0.466 e. The molecule has 1 saturated heterocycles. The predicted octanol–water partition coefficient (Wildman–Crippen LogP) is 4.56. The van der Waals surface area contributed by atoms with Gasteiger partial charge in [-0.1, -0.05) is 29.5 Å². The van der Waals surface area contributed by atoms with E-state index in [1.54, 1.807) is 6.07 Å². The van der Waals surface area contributed by atoms with Gasteiger partial charge in [-0.3, -0.25) is 14.5 Å². The fourth-order valence-corrected chi connectivity index (χ4v) is 5.27. The first-order chi connectivity index (χ1) is 18.3. The molecule has 2 aromatic heterocycles. The Kier molecular flexibility index (Phi) is 9.48. The Bertz CT molecular complexity index is 1260. The van der Waals surface area contributed by atoms with Crippen LogP contribution in [0, 0.1) is 13.8 Å². The molecule has 3 heterocycles. The maximum absolute atomic E-state index is 12.9. The minimum Gasteiger partial charge on any atom is -0.466 e. The number of para-hydroxylation sites is 1. The van der Waals surface area contributed by atoms with Crippen molar-refractivity contribution in [3.63, 3.8) is 0 Å². The summed E-state index contributed by atoms with van der Waals surface area (Å²) < 4.78 is 6.12. The Hall–Kier alpha value is -3.28. The standard InChI is InChI=1S/C26H32ClN7O3S/c1-4-37-24(35)10-7-11-32-12-14-33(15-13-32)23-16-22(29-19(3)30-23)31-26-28-17-21(38-26)25(36)34(27)20-9-6-5-8-18(20)2/h5-6,8-9,16-17H,4,7,10-15H2,1-3H3,(H,28,29,30,31). The van der Waals surface area contributed by atoms with Crippen LogP contribution in [0.5, 0.6) is 0 Å². The number of nitrogens with zero attached hydrogens (tertiary/aromatic N) is 6. The van der Waals surface area contributed by atoms with E-state index in [1.165, 1.54) is 17.5 Å². The van der Waals surface area contributed by atoms with E-state index < -0.39 is 0 Å². The van der Waals surface area contributed by atoms with E-state index in [9.17, 15) is 9.59 Å². The summed E-state index contributed by atoms with van der Waals surface area (Å²) in [6.07, 6.45) is 2.76. The lowest BCUT2D eigenvalue weighted by molar-refractivity contribution is -0.143. The average Bonchev–Trinajstić information content (AvgIpc) is 3.36. The molecule has 10 nitrogen and oxygen atoms in total. The van der Waals surface area contributed by atoms with Gasteiger partial charge in [0.05, 0.1) is 18.5 Å². The Labute approximate surface area is 231 Å². The van der Waals surface area contributed by atoms with Crippen molar-refractivity contribution in [3.8, 4) is 0 Å². The zero-order chi connectivity index (χ0) is 27.1. The zero-order valence-corrected chi connectivity index (χ0v) is 23.4. The van der Waals surface area contributed by atoms with Crippen molar-refractivity contribution >= 4 is 57.4 Å². The SMILES string of the molecule is CCOC(=O)CCCN1CCN(c2cc(Nc3ncc(C(=O)N(Cl)c4ccccc4C)s3)nc(C)n2)CC1. The van der Waals surface area contributed by atoms with E-state index in [-0.39, 0.29) is 11.9 Å². The highest BCUT2D eigenvalue weighted by atomic mass is 35.5. The van der Waals surface area contributed by atoms with Gasteiger partial charge in [0.1, 0.15) is 22.3 Å². The van der Waals surface area contributed by atoms with E-state index in [2.05, 4.69) is 30.1 Å². The molecule has 0 spiro atoms. The monoisotopic (exact) mass is 557 g/mol. The van der Waals surface area contributed by atoms with Gasteiger partial charge in [-0.05, 0) is 45.4 Å². The predicted molar refractivity (Wildman–Crippen MR) is 151 cm³/mol. The number of carbonyl (C=O) groups excluding carboxylic acids is 2. The number of ether oxygens (including phenoxy) is 1. The molecule has 1 amide bonds. The number of hydrogen-bond acceptors (Lipinski definition) is 10. The van der Waals surface area contributed by atoms with Crippen LogP contribution in [0.2, 0.25) is 0 Å². The Morgan fingerprint density at radius 2 is 1.92 bits per heavy atom. The van der Waals surface area contributed by atoms with Gasteiger partial charge in [0.25, 0.3) is 5.91 Å². The molecule has 12 heteroatoms. The average molecular weight is 558 g/mol. The van der Waals surface area contributed by atoms with Crippen molar-refractivity contribution in [1.29, 1.82) is 0 Å². The lowest BCUT2D eigenvalue weighted by atomic mass is 10.2. The first-order valence-electron chi connectivity index (χ1n) is 12.6. The molecule has 0 atom stereocenters. The molecule has 0 unspecified atom stereocenters. The van der Waals surface area contributed by atoms with Gasteiger partial charge >= 0.3 is 5.97 Å². The second-order valence-electron chi connectivity index (χ2n) is 8.92. The van der Waals surface area contributed by atoms with Gasteiger partial charge in [0.15, 0.2) is 5.13 Å². The van der Waals surface area contributed by atoms with Gasteiger partial charge in [-0.2, -0.15) is 0 Å². The van der Waals surface area contributed by atoms with Gasteiger partial charge in [-0.15, -0.1) is 0 Å². The topological polar surface area (TPSA) is 104 Å². The Morgan fingerprint density at radius 3 is 2.66 bits per heavy atom. The summed E-state index contributed by atoms with van der Waals surface area (Å²) in [4.78, 5) is 42.9. The van der Waals surface area contributed by atoms with Gasteiger partial charge < -0.3 is 15.0 Å². The first-order valence-corrected chi connectivity index (χ1v) is 13.8. The van der Waals surface area contributed by atoms with Crippen LogP contribution in [0.25, 0.3) is 0 Å². The number of esters is 1. The lowest BCUT2D eigenvalue weighted by Gasteiger charge is -2.35. The molecule has 1 aliphatic heterocycles. The highest BCUT2D eigenvalue weighted by Gasteiger charge is 2.22. The van der Waals surface area contributed by atoms with Gasteiger partial charge in [0.2, 0.25) is 0 Å². The summed E-state index contributed by atoms with van der Waals surface area (Å²) in [5.41, 5.74) is 1.54. The number of hydrogen-bond donors (Lipinski definition) is 1. The minimum atomic E-state index is -0.341. The molecule has 0 bridgehead atoms. The number of rotatable bonds is 10. The normalized spacial score (nSPS) is 13.8. The van der Waals surface area contributed by atoms with Gasteiger partial charge in [-0.25, -0.2) is 19.4 Å². The van der Waals surface area contributed by atoms with Crippen molar-refractivity contribution < 1.29 is 14.3 Å². The molecule has 1 aliphatic rings. The molecule has 202 valence electrons. The summed E-state index contributed by atoms with van der Waals surface area (Å²) in [6, 6.07) is 9.34. The van der Waals surface area contributed by atoms with Gasteiger partial charge in [0, 0.05) is 50.4 Å². The number of nitrogens with one attached hydrogen (secondary N) is 1. The molecule has 3 aromatic rings. The van der Waals surface area contributed by atoms with Crippen molar-refractivity contribution in [1.82, 2.24) is 19.9 Å². The number of anilines is 4. The molecular weight excluding hydrogens is 526 g/mol. The van der Waals surface area contributed by atoms with Crippen LogP contribution in [0.15, 0.2) is 36.5 Å². The third kappa shape index (κ3) is 7.18. The number of carbonyl (C=O) groups is 2. The van der Waals surface area contributed by atoms with E-state index in [0.29, 0.717) is 40.4 Å². The van der Waals surface area contributed by atoms with Crippen LogP contribution in [0.3, 0.4) is 0 Å². The molecule has 4 rings (SSSR count). The van der Waals surface area contributed by atoms with Crippen LogP contribution >= 0.6 is 23.1 Å². The van der Waals surface area contributed by atoms with E-state index in [0.717, 1.165) is 54.9 Å². The number of halogens is 1. The summed E-state index contributed by atoms with van der Waals surface area (Å²) in [6.45, 7) is 10.3. The van der Waals surface area contributed by atoms with Crippen LogP contribution < -0.4 is 14.6 Å². The Morgan fingerprint density at radius 1 is 1.16 bits per heavy atom. The highest BCUT2D eigenvalue weighted by molar-refractivity contribution is 7.17. The maximum atomic E-state index is 12.9. The van der Waals surface area contributed by atoms with Crippen LogP contribution in [-0.4, -0.2) is 71.1 Å². The van der Waals surface area contributed by atoms with E-state index in [1.807, 2.05) is 45.0 Å².